The van der Waals surface area contributed by atoms with Crippen molar-refractivity contribution in [3.8, 4) is 0 Å². The smallest absolute Gasteiger partial charge is 0.00431 e. The summed E-state index contributed by atoms with van der Waals surface area (Å²) in [5.41, 5.74) is 2.92. The van der Waals surface area contributed by atoms with Gasteiger partial charge in [-0.1, -0.05) is 67.6 Å². The van der Waals surface area contributed by atoms with Gasteiger partial charge in [0.25, 0.3) is 0 Å². The Balaban J connectivity index is 1.61. The Morgan fingerprint density at radius 1 is 0.857 bits per heavy atom. The van der Waals surface area contributed by atoms with E-state index in [9.17, 15) is 0 Å². The monoisotopic (exact) mass is 281 g/mol. The second-order valence-corrected chi connectivity index (χ2v) is 5.64. The van der Waals surface area contributed by atoms with Crippen molar-refractivity contribution in [2.75, 3.05) is 13.1 Å². The van der Waals surface area contributed by atoms with Crippen molar-refractivity contribution in [2.45, 2.75) is 38.5 Å². The number of nitrogens with one attached hydrogen (secondary N) is 1. The summed E-state index contributed by atoms with van der Waals surface area (Å²) in [4.78, 5) is 0. The number of hydrogen-bond acceptors (Lipinski definition) is 1. The summed E-state index contributed by atoms with van der Waals surface area (Å²) in [7, 11) is 0. The Morgan fingerprint density at radius 3 is 2.19 bits per heavy atom. The minimum Gasteiger partial charge on any atom is -0.317 e. The maximum Gasteiger partial charge on any atom is -0.00431 e. The molecule has 2 aromatic rings. The van der Waals surface area contributed by atoms with Gasteiger partial charge in [0.05, 0.1) is 0 Å². The first-order valence-electron chi connectivity index (χ1n) is 8.19. The Hall–Kier alpha value is -1.60. The average molecular weight is 281 g/mol. The highest BCUT2D eigenvalue weighted by molar-refractivity contribution is 5.19. The van der Waals surface area contributed by atoms with E-state index >= 15 is 0 Å². The number of benzene rings is 2. The van der Waals surface area contributed by atoms with Gasteiger partial charge in [-0.2, -0.15) is 0 Å². The van der Waals surface area contributed by atoms with E-state index in [1.807, 2.05) is 0 Å². The van der Waals surface area contributed by atoms with Crippen LogP contribution < -0.4 is 5.32 Å². The molecular formula is C20H27N. The molecule has 1 heteroatoms. The Morgan fingerprint density at radius 2 is 1.52 bits per heavy atom. The lowest BCUT2D eigenvalue weighted by Gasteiger charge is -2.15. The molecule has 0 aliphatic carbocycles. The molecule has 0 spiro atoms. The minimum absolute atomic E-state index is 0.688. The van der Waals surface area contributed by atoms with Gasteiger partial charge in [-0.25, -0.2) is 0 Å². The van der Waals surface area contributed by atoms with Crippen LogP contribution in [0.1, 0.15) is 43.2 Å². The fraction of sp³-hybridized carbons (Fsp3) is 0.400. The first-order chi connectivity index (χ1) is 10.4. The fourth-order valence-electron chi connectivity index (χ4n) is 2.80. The van der Waals surface area contributed by atoms with Gasteiger partial charge in [0.15, 0.2) is 0 Å². The van der Waals surface area contributed by atoms with Gasteiger partial charge < -0.3 is 5.32 Å². The van der Waals surface area contributed by atoms with Crippen LogP contribution >= 0.6 is 0 Å². The van der Waals surface area contributed by atoms with Crippen LogP contribution in [0.2, 0.25) is 0 Å². The number of aryl methyl sites for hydroxylation is 1. The van der Waals surface area contributed by atoms with E-state index in [1.165, 1.54) is 36.8 Å². The van der Waals surface area contributed by atoms with E-state index in [0.717, 1.165) is 13.1 Å². The van der Waals surface area contributed by atoms with Gasteiger partial charge in [0, 0.05) is 0 Å². The molecule has 2 aromatic carbocycles. The Kier molecular flexibility index (Phi) is 7.03. The summed E-state index contributed by atoms with van der Waals surface area (Å²) in [5, 5.41) is 3.59. The van der Waals surface area contributed by atoms with E-state index in [0.29, 0.717) is 5.92 Å². The SMILES string of the molecule is CCC(CCNCCCc1ccccc1)c1ccccc1. The normalized spacial score (nSPS) is 12.2. The largest absolute Gasteiger partial charge is 0.317 e. The zero-order chi connectivity index (χ0) is 14.8. The van der Waals surface area contributed by atoms with Crippen LogP contribution in [0.5, 0.6) is 0 Å². The minimum atomic E-state index is 0.688. The maximum absolute atomic E-state index is 3.59. The second-order valence-electron chi connectivity index (χ2n) is 5.64. The van der Waals surface area contributed by atoms with E-state index in [-0.39, 0.29) is 0 Å². The van der Waals surface area contributed by atoms with Crippen LogP contribution in [-0.4, -0.2) is 13.1 Å². The zero-order valence-electron chi connectivity index (χ0n) is 13.1. The molecule has 0 heterocycles. The molecule has 1 N–H and O–H groups in total. The molecule has 1 nitrogen and oxygen atoms in total. The van der Waals surface area contributed by atoms with E-state index in [4.69, 9.17) is 0 Å². The van der Waals surface area contributed by atoms with Crippen molar-refractivity contribution in [3.05, 3.63) is 71.8 Å². The van der Waals surface area contributed by atoms with Crippen LogP contribution in [-0.2, 0) is 6.42 Å². The van der Waals surface area contributed by atoms with Crippen LogP contribution in [0.15, 0.2) is 60.7 Å². The summed E-state index contributed by atoms with van der Waals surface area (Å²) in [6.45, 7) is 4.51. The molecule has 0 aliphatic rings. The maximum atomic E-state index is 3.59. The molecule has 0 amide bonds. The molecule has 0 bridgehead atoms. The lowest BCUT2D eigenvalue weighted by Crippen LogP contribution is -2.19. The Bertz CT molecular complexity index is 478. The molecule has 1 atom stereocenters. The molecule has 0 saturated heterocycles. The Labute approximate surface area is 129 Å². The van der Waals surface area contributed by atoms with Crippen LogP contribution in [0, 0.1) is 0 Å². The van der Waals surface area contributed by atoms with E-state index in [2.05, 4.69) is 72.9 Å². The van der Waals surface area contributed by atoms with Crippen molar-refractivity contribution >= 4 is 0 Å². The molecule has 0 fully saturated rings. The first kappa shape index (κ1) is 15.8. The van der Waals surface area contributed by atoms with Gasteiger partial charge in [0.2, 0.25) is 0 Å². The first-order valence-corrected chi connectivity index (χ1v) is 8.19. The molecule has 2 rings (SSSR count). The van der Waals surface area contributed by atoms with Crippen molar-refractivity contribution in [2.24, 2.45) is 0 Å². The summed E-state index contributed by atoms with van der Waals surface area (Å²) in [6, 6.07) is 21.6. The third-order valence-corrected chi connectivity index (χ3v) is 4.10. The third kappa shape index (κ3) is 5.73. The van der Waals surface area contributed by atoms with Gasteiger partial charge >= 0.3 is 0 Å². The molecule has 21 heavy (non-hydrogen) atoms. The van der Waals surface area contributed by atoms with Crippen molar-refractivity contribution in [3.63, 3.8) is 0 Å². The zero-order valence-corrected chi connectivity index (χ0v) is 13.1. The second kappa shape index (κ2) is 9.36. The number of hydrogen-bond donors (Lipinski definition) is 1. The highest BCUT2D eigenvalue weighted by atomic mass is 14.8. The summed E-state index contributed by atoms with van der Waals surface area (Å²) < 4.78 is 0. The van der Waals surface area contributed by atoms with Gasteiger partial charge in [-0.3, -0.25) is 0 Å². The standard InChI is InChI=1S/C20H27N/c1-2-19(20-13-7-4-8-14-20)15-17-21-16-9-12-18-10-5-3-6-11-18/h3-8,10-11,13-14,19,21H,2,9,12,15-17H2,1H3. The highest BCUT2D eigenvalue weighted by Crippen LogP contribution is 2.22. The lowest BCUT2D eigenvalue weighted by molar-refractivity contribution is 0.548. The third-order valence-electron chi connectivity index (χ3n) is 4.10. The molecule has 0 aromatic heterocycles. The van der Waals surface area contributed by atoms with Gasteiger partial charge in [0.1, 0.15) is 0 Å². The van der Waals surface area contributed by atoms with Crippen molar-refractivity contribution in [1.29, 1.82) is 0 Å². The number of rotatable bonds is 9. The molecule has 1 unspecified atom stereocenters. The molecule has 0 aliphatic heterocycles. The molecule has 112 valence electrons. The summed E-state index contributed by atoms with van der Waals surface area (Å²) >= 11 is 0. The van der Waals surface area contributed by atoms with Crippen molar-refractivity contribution < 1.29 is 0 Å². The summed E-state index contributed by atoms with van der Waals surface area (Å²) in [5.74, 6) is 0.688. The van der Waals surface area contributed by atoms with E-state index in [1.54, 1.807) is 0 Å². The van der Waals surface area contributed by atoms with Gasteiger partial charge in [-0.15, -0.1) is 0 Å². The predicted octanol–water partition coefficient (Wildman–Crippen LogP) is 4.79. The van der Waals surface area contributed by atoms with Gasteiger partial charge in [-0.05, 0) is 55.8 Å². The van der Waals surface area contributed by atoms with Crippen LogP contribution in [0.3, 0.4) is 0 Å². The molecular weight excluding hydrogens is 254 g/mol. The topological polar surface area (TPSA) is 12.0 Å². The molecule has 0 radical (unpaired) electrons. The quantitative estimate of drug-likeness (QED) is 0.651. The summed E-state index contributed by atoms with van der Waals surface area (Å²) in [6.07, 6.45) is 4.83. The fourth-order valence-corrected chi connectivity index (χ4v) is 2.80. The molecule has 0 saturated carbocycles. The van der Waals surface area contributed by atoms with Crippen LogP contribution in [0.25, 0.3) is 0 Å². The van der Waals surface area contributed by atoms with Crippen molar-refractivity contribution in [1.82, 2.24) is 5.32 Å². The average Bonchev–Trinajstić information content (AvgIpc) is 2.56. The van der Waals surface area contributed by atoms with Crippen LogP contribution in [0.4, 0.5) is 0 Å². The highest BCUT2D eigenvalue weighted by Gasteiger charge is 2.07. The lowest BCUT2D eigenvalue weighted by atomic mass is 9.93. The van der Waals surface area contributed by atoms with E-state index < -0.39 is 0 Å². The predicted molar refractivity (Wildman–Crippen MR) is 91.7 cm³/mol.